The van der Waals surface area contributed by atoms with Crippen LogP contribution in [-0.4, -0.2) is 89.1 Å². The van der Waals surface area contributed by atoms with E-state index in [1.54, 1.807) is 9.80 Å². The topological polar surface area (TPSA) is 125 Å². The zero-order valence-electron chi connectivity index (χ0n) is 25.2. The first-order chi connectivity index (χ1) is 21.3. The number of nitrogens with one attached hydrogen (secondary N) is 1. The van der Waals surface area contributed by atoms with Crippen molar-refractivity contribution in [3.8, 4) is 0 Å². The summed E-state index contributed by atoms with van der Waals surface area (Å²) in [4.78, 5) is 58.9. The Labute approximate surface area is 266 Å². The molecular formula is C33H42BrN3O7. The molecular weight excluding hydrogens is 630 g/mol. The largest absolute Gasteiger partial charge is 0.455 e. The van der Waals surface area contributed by atoms with Gasteiger partial charge in [-0.1, -0.05) is 78.2 Å². The standard InChI is InChI=1S/C33H42BrN3O7/c1-2-3-9-16-36-17-10-5-8-15-25(39)35-21-24(22-13-6-4-7-14-22)43-32(42)26-27-30(40)37(18-11-12-19-38)29(31(36)41)33(27)20-23(34)28(26)44-33/h4-7,10,13-14,20,24,26-29,38H,2-3,8-9,11-12,15-19,21H2,1H3,(H,35,39)/b10-5-/t24-,26-,27+,28-,29-,33+/m0/s1. The van der Waals surface area contributed by atoms with E-state index < -0.39 is 41.7 Å². The molecule has 4 aliphatic rings. The average molecular weight is 673 g/mol. The fraction of sp³-hybridized carbons (Fsp3) is 0.576. The van der Waals surface area contributed by atoms with Gasteiger partial charge in [0.25, 0.3) is 0 Å². The van der Waals surface area contributed by atoms with Crippen LogP contribution >= 0.6 is 15.9 Å². The van der Waals surface area contributed by atoms with E-state index in [9.17, 15) is 24.3 Å². The third kappa shape index (κ3) is 6.37. The number of esters is 1. The highest BCUT2D eigenvalue weighted by Crippen LogP contribution is 2.59. The molecule has 2 N–H and O–H groups in total. The smallest absolute Gasteiger partial charge is 0.313 e. The second kappa shape index (κ2) is 14.4. The maximum atomic E-state index is 14.5. The molecule has 0 aromatic heterocycles. The van der Waals surface area contributed by atoms with E-state index in [2.05, 4.69) is 28.2 Å². The van der Waals surface area contributed by atoms with Crippen LogP contribution in [0.1, 0.15) is 63.5 Å². The number of hydrogen-bond acceptors (Lipinski definition) is 7. The van der Waals surface area contributed by atoms with Gasteiger partial charge in [0.1, 0.15) is 29.8 Å². The first-order valence-corrected chi connectivity index (χ1v) is 16.5. The van der Waals surface area contributed by atoms with Crippen LogP contribution in [0.2, 0.25) is 0 Å². The maximum absolute atomic E-state index is 14.5. The zero-order chi connectivity index (χ0) is 31.3. The molecule has 44 heavy (non-hydrogen) atoms. The summed E-state index contributed by atoms with van der Waals surface area (Å²) in [6.45, 7) is 3.24. The minimum atomic E-state index is -1.34. The number of benzene rings is 1. The van der Waals surface area contributed by atoms with Crippen LogP contribution in [0.3, 0.4) is 0 Å². The van der Waals surface area contributed by atoms with Crippen LogP contribution in [0.25, 0.3) is 0 Å². The van der Waals surface area contributed by atoms with E-state index in [4.69, 9.17) is 9.47 Å². The number of hydrogen-bond donors (Lipinski definition) is 2. The quantitative estimate of drug-likeness (QED) is 0.234. The van der Waals surface area contributed by atoms with E-state index in [-0.39, 0.29) is 43.8 Å². The highest BCUT2D eigenvalue weighted by Gasteiger charge is 2.74. The third-order valence-electron chi connectivity index (χ3n) is 9.03. The van der Waals surface area contributed by atoms with Crippen molar-refractivity contribution in [3.05, 3.63) is 58.6 Å². The van der Waals surface area contributed by atoms with Crippen LogP contribution < -0.4 is 5.32 Å². The fourth-order valence-corrected chi connectivity index (χ4v) is 7.60. The Morgan fingerprint density at radius 2 is 1.80 bits per heavy atom. The van der Waals surface area contributed by atoms with Gasteiger partial charge in [-0.15, -0.1) is 0 Å². The van der Waals surface area contributed by atoms with Gasteiger partial charge >= 0.3 is 5.97 Å². The number of ether oxygens (including phenoxy) is 2. The molecule has 3 amide bonds. The van der Waals surface area contributed by atoms with Crippen molar-refractivity contribution in [2.45, 2.75) is 75.7 Å². The van der Waals surface area contributed by atoms with Crippen LogP contribution in [0, 0.1) is 11.8 Å². The minimum absolute atomic E-state index is 0.0282. The van der Waals surface area contributed by atoms with Crippen LogP contribution in [0.4, 0.5) is 0 Å². The molecule has 0 radical (unpaired) electrons. The molecule has 11 heteroatoms. The number of amides is 3. The molecule has 0 unspecified atom stereocenters. The zero-order valence-corrected chi connectivity index (χ0v) is 26.7. The van der Waals surface area contributed by atoms with Crippen molar-refractivity contribution in [1.29, 1.82) is 0 Å². The molecule has 1 aromatic rings. The molecule has 5 bridgehead atoms. The number of nitrogens with zero attached hydrogens (tertiary/aromatic N) is 2. The molecule has 0 saturated carbocycles. The number of carbonyl (C=O) groups excluding carboxylic acids is 4. The fourth-order valence-electron chi connectivity index (χ4n) is 6.86. The first-order valence-electron chi connectivity index (χ1n) is 15.8. The molecule has 0 aliphatic carbocycles. The predicted molar refractivity (Wildman–Crippen MR) is 166 cm³/mol. The van der Waals surface area contributed by atoms with Crippen molar-refractivity contribution in [3.63, 3.8) is 0 Å². The van der Waals surface area contributed by atoms with E-state index in [0.717, 1.165) is 19.3 Å². The Morgan fingerprint density at radius 1 is 1.02 bits per heavy atom. The lowest BCUT2D eigenvalue weighted by atomic mass is 9.74. The summed E-state index contributed by atoms with van der Waals surface area (Å²) in [6, 6.07) is 8.22. The Balaban J connectivity index is 1.55. The molecule has 238 valence electrons. The van der Waals surface area contributed by atoms with Gasteiger partial charge in [-0.2, -0.15) is 0 Å². The highest BCUT2D eigenvalue weighted by molar-refractivity contribution is 9.11. The number of halogens is 1. The van der Waals surface area contributed by atoms with Crippen molar-refractivity contribution < 1.29 is 33.8 Å². The van der Waals surface area contributed by atoms with Gasteiger partial charge in [0.15, 0.2) is 0 Å². The lowest BCUT2D eigenvalue weighted by molar-refractivity contribution is -0.159. The summed E-state index contributed by atoms with van der Waals surface area (Å²) in [5.74, 6) is -3.27. The number of aliphatic hydroxyl groups is 1. The molecule has 2 fully saturated rings. The average Bonchev–Trinajstić information content (AvgIpc) is 3.61. The Hall–Kier alpha value is -3.02. The van der Waals surface area contributed by atoms with E-state index in [0.29, 0.717) is 42.4 Å². The van der Waals surface area contributed by atoms with Crippen molar-refractivity contribution in [1.82, 2.24) is 15.1 Å². The molecule has 5 rings (SSSR count). The summed E-state index contributed by atoms with van der Waals surface area (Å²) in [6.07, 6.45) is 8.52. The van der Waals surface area contributed by atoms with Crippen molar-refractivity contribution in [2.24, 2.45) is 11.8 Å². The maximum Gasteiger partial charge on any atom is 0.313 e. The molecule has 2 saturated heterocycles. The number of aliphatic hydroxyl groups excluding tert-OH is 1. The van der Waals surface area contributed by atoms with E-state index in [1.807, 2.05) is 48.6 Å². The van der Waals surface area contributed by atoms with Gasteiger partial charge in [0.2, 0.25) is 17.7 Å². The molecule has 4 aliphatic heterocycles. The predicted octanol–water partition coefficient (Wildman–Crippen LogP) is 3.40. The Kier molecular flexibility index (Phi) is 10.6. The summed E-state index contributed by atoms with van der Waals surface area (Å²) in [5.41, 5.74) is -0.621. The van der Waals surface area contributed by atoms with Crippen molar-refractivity contribution in [2.75, 3.05) is 32.8 Å². The van der Waals surface area contributed by atoms with Gasteiger partial charge in [-0.25, -0.2) is 0 Å². The van der Waals surface area contributed by atoms with Crippen molar-refractivity contribution >= 4 is 39.6 Å². The normalized spacial score (nSPS) is 31.5. The molecule has 4 heterocycles. The number of cyclic esters (lactones) is 1. The number of likely N-dealkylation sites (tertiary alicyclic amines) is 1. The SMILES string of the molecule is CCCCCN1C/C=C\CCC(=O)NC[C@@H](c2ccccc2)OC(=O)[C@@H]2[C@H]3O[C@@]4(C=C3Br)[C@H](C1=O)N(CCCCO)C(=O)[C@@H]24. The second-order valence-electron chi connectivity index (χ2n) is 11.9. The van der Waals surface area contributed by atoms with Crippen LogP contribution in [0.5, 0.6) is 0 Å². The number of allylic oxidation sites excluding steroid dienone is 1. The number of rotatable bonds is 9. The van der Waals surface area contributed by atoms with E-state index in [1.165, 1.54) is 0 Å². The second-order valence-corrected chi connectivity index (χ2v) is 12.8. The Bertz CT molecular complexity index is 1290. The van der Waals surface area contributed by atoms with Gasteiger partial charge in [0, 0.05) is 37.1 Å². The number of fused-ring (bicyclic) bond motifs is 2. The minimum Gasteiger partial charge on any atom is -0.455 e. The lowest BCUT2D eigenvalue weighted by Gasteiger charge is -2.36. The van der Waals surface area contributed by atoms with E-state index >= 15 is 0 Å². The highest BCUT2D eigenvalue weighted by atomic mass is 79.9. The molecule has 1 spiro atoms. The first kappa shape index (κ1) is 32.4. The summed E-state index contributed by atoms with van der Waals surface area (Å²) >= 11 is 3.59. The summed E-state index contributed by atoms with van der Waals surface area (Å²) < 4.78 is 13.3. The van der Waals surface area contributed by atoms with Crippen LogP contribution in [0.15, 0.2) is 53.0 Å². The Morgan fingerprint density at radius 3 is 2.55 bits per heavy atom. The molecule has 6 atom stereocenters. The summed E-state index contributed by atoms with van der Waals surface area (Å²) in [7, 11) is 0. The molecule has 1 aromatic carbocycles. The van der Waals surface area contributed by atoms with Gasteiger partial charge < -0.3 is 29.7 Å². The number of unbranched alkanes of at least 4 members (excludes halogenated alkanes) is 3. The third-order valence-corrected chi connectivity index (χ3v) is 9.71. The molecule has 10 nitrogen and oxygen atoms in total. The lowest BCUT2D eigenvalue weighted by Crippen LogP contribution is -2.56. The number of carbonyl (C=O) groups is 4. The van der Waals surface area contributed by atoms with Gasteiger partial charge in [-0.3, -0.25) is 19.2 Å². The summed E-state index contributed by atoms with van der Waals surface area (Å²) in [5, 5.41) is 12.4. The van der Waals surface area contributed by atoms with Gasteiger partial charge in [-0.05, 0) is 37.3 Å². The van der Waals surface area contributed by atoms with Gasteiger partial charge in [0.05, 0.1) is 12.5 Å². The van der Waals surface area contributed by atoms with Crippen LogP contribution in [-0.2, 0) is 28.7 Å². The monoisotopic (exact) mass is 671 g/mol.